The first-order valence-electron chi connectivity index (χ1n) is 10.1. The van der Waals surface area contributed by atoms with Crippen molar-refractivity contribution in [1.82, 2.24) is 0 Å². The number of carboxylic acid groups (broad SMARTS) is 1. The van der Waals surface area contributed by atoms with Crippen molar-refractivity contribution >= 4 is 22.9 Å². The summed E-state index contributed by atoms with van der Waals surface area (Å²) in [7, 11) is 0. The molecule has 2 aromatic rings. The number of phenols is 1. The maximum absolute atomic E-state index is 12.0. The number of aromatic hydroxyl groups is 1. The molecule has 6 atom stereocenters. The zero-order valence-electron chi connectivity index (χ0n) is 17.9. The molecule has 1 aromatic carbocycles. The number of aliphatic hydroxyl groups is 4. The van der Waals surface area contributed by atoms with E-state index in [0.29, 0.717) is 5.39 Å². The molecule has 1 fully saturated rings. The average Bonchev–Trinajstić information content (AvgIpc) is 2.72. The highest BCUT2D eigenvalue weighted by molar-refractivity contribution is 5.80. The van der Waals surface area contributed by atoms with Gasteiger partial charge < -0.3 is 49.3 Å². The normalized spacial score (nSPS) is 26.6. The van der Waals surface area contributed by atoms with Crippen LogP contribution in [-0.4, -0.2) is 85.5 Å². The molecule has 1 aromatic heterocycles. The molecule has 1 aliphatic heterocycles. The lowest BCUT2D eigenvalue weighted by atomic mass is 9.98. The Morgan fingerprint density at radius 2 is 1.79 bits per heavy atom. The number of phenolic OH excluding ortho intramolecular Hbond substituents is 1. The number of fused-ring (bicyclic) bond motifs is 1. The Bertz CT molecular complexity index is 1110. The van der Waals surface area contributed by atoms with Gasteiger partial charge in [-0.3, -0.25) is 9.59 Å². The summed E-state index contributed by atoms with van der Waals surface area (Å²) in [4.78, 5) is 34.0. The van der Waals surface area contributed by atoms with Gasteiger partial charge in [0.1, 0.15) is 36.6 Å². The summed E-state index contributed by atoms with van der Waals surface area (Å²) in [5.74, 6) is -2.98. The molecule has 6 unspecified atom stereocenters. The molecule has 2 heterocycles. The number of aliphatic carboxylic acids is 1. The molecular weight excluding hydrogens is 460 g/mol. The summed E-state index contributed by atoms with van der Waals surface area (Å²) in [5.41, 5.74) is -2.43. The molecule has 1 saturated heterocycles. The van der Waals surface area contributed by atoms with Gasteiger partial charge in [-0.1, -0.05) is 0 Å². The van der Waals surface area contributed by atoms with Crippen molar-refractivity contribution in [2.45, 2.75) is 56.1 Å². The minimum absolute atomic E-state index is 0.0708. The largest absolute Gasteiger partial charge is 0.504 e. The van der Waals surface area contributed by atoms with Gasteiger partial charge in [0.05, 0.1) is 18.4 Å². The number of hydrogen-bond acceptors (Lipinski definition) is 12. The second-order valence-corrected chi connectivity index (χ2v) is 8.17. The lowest BCUT2D eigenvalue weighted by Crippen LogP contribution is -2.60. The van der Waals surface area contributed by atoms with E-state index < -0.39 is 79.1 Å². The molecule has 0 bridgehead atoms. The van der Waals surface area contributed by atoms with Crippen LogP contribution in [0.15, 0.2) is 33.5 Å². The topological polar surface area (TPSA) is 213 Å². The van der Waals surface area contributed by atoms with Crippen molar-refractivity contribution in [3.8, 4) is 11.5 Å². The second-order valence-electron chi connectivity index (χ2n) is 8.17. The number of carbonyl (C=O) groups is 2. The van der Waals surface area contributed by atoms with Crippen molar-refractivity contribution in [2.75, 3.05) is 6.61 Å². The van der Waals surface area contributed by atoms with Crippen molar-refractivity contribution in [1.29, 1.82) is 0 Å². The highest BCUT2D eigenvalue weighted by atomic mass is 16.7. The second kappa shape index (κ2) is 9.95. The van der Waals surface area contributed by atoms with Crippen LogP contribution in [0.3, 0.4) is 0 Å². The molecule has 34 heavy (non-hydrogen) atoms. The van der Waals surface area contributed by atoms with E-state index in [0.717, 1.165) is 19.1 Å². The minimum atomic E-state index is -1.87. The number of aliphatic hydroxyl groups excluding tert-OH is 3. The molecule has 0 saturated carbocycles. The molecular formula is C21H24O13. The van der Waals surface area contributed by atoms with E-state index in [2.05, 4.69) is 0 Å². The number of hydrogen-bond donors (Lipinski definition) is 6. The molecule has 1 aliphatic rings. The molecule has 13 nitrogen and oxygen atoms in total. The van der Waals surface area contributed by atoms with E-state index in [1.54, 1.807) is 0 Å². The predicted molar refractivity (Wildman–Crippen MR) is 110 cm³/mol. The van der Waals surface area contributed by atoms with Crippen molar-refractivity contribution in [3.63, 3.8) is 0 Å². The Balaban J connectivity index is 1.69. The van der Waals surface area contributed by atoms with Gasteiger partial charge in [-0.25, -0.2) is 4.79 Å². The fourth-order valence-corrected chi connectivity index (χ4v) is 3.38. The maximum atomic E-state index is 12.0. The van der Waals surface area contributed by atoms with Crippen LogP contribution in [0.2, 0.25) is 0 Å². The van der Waals surface area contributed by atoms with Gasteiger partial charge in [-0.2, -0.15) is 0 Å². The summed E-state index contributed by atoms with van der Waals surface area (Å²) in [6, 6.07) is 4.95. The van der Waals surface area contributed by atoms with Crippen LogP contribution >= 0.6 is 0 Å². The molecule has 0 amide bonds. The standard InChI is InChI=1S/C21H24O13/c1-21(30,6-14(23)24)7-16(26)31-8-13-17(27)18(28)19(29)20(34-13)33-12-4-9-2-3-15(25)32-11(9)5-10(12)22/h2-5,13,17-20,22,27-30H,6-8H2,1H3,(H,23,24). The Morgan fingerprint density at radius 3 is 2.47 bits per heavy atom. The van der Waals surface area contributed by atoms with Gasteiger partial charge in [0.15, 0.2) is 11.5 Å². The van der Waals surface area contributed by atoms with Gasteiger partial charge in [-0.05, 0) is 19.1 Å². The van der Waals surface area contributed by atoms with Crippen molar-refractivity contribution < 1.29 is 58.9 Å². The SMILES string of the molecule is CC(O)(CC(=O)O)CC(=O)OCC1OC(Oc2cc3ccc(=O)oc3cc2O)C(O)C(O)C1O. The third-order valence-electron chi connectivity index (χ3n) is 5.08. The minimum Gasteiger partial charge on any atom is -0.504 e. The van der Waals surface area contributed by atoms with E-state index >= 15 is 0 Å². The van der Waals surface area contributed by atoms with Gasteiger partial charge >= 0.3 is 17.6 Å². The Hall–Kier alpha value is -3.23. The summed E-state index contributed by atoms with van der Waals surface area (Å²) >= 11 is 0. The first-order chi connectivity index (χ1) is 15.9. The molecule has 13 heteroatoms. The molecule has 0 spiro atoms. The lowest BCUT2D eigenvalue weighted by Gasteiger charge is -2.40. The third kappa shape index (κ3) is 6.01. The van der Waals surface area contributed by atoms with Crippen LogP contribution in [0.25, 0.3) is 11.0 Å². The van der Waals surface area contributed by atoms with Crippen molar-refractivity contribution in [2.24, 2.45) is 0 Å². The zero-order valence-corrected chi connectivity index (χ0v) is 17.9. The zero-order chi connectivity index (χ0) is 25.2. The van der Waals surface area contributed by atoms with Gasteiger partial charge in [-0.15, -0.1) is 0 Å². The monoisotopic (exact) mass is 484 g/mol. The maximum Gasteiger partial charge on any atom is 0.336 e. The fraction of sp³-hybridized carbons (Fsp3) is 0.476. The van der Waals surface area contributed by atoms with Gasteiger partial charge in [0.2, 0.25) is 6.29 Å². The predicted octanol–water partition coefficient (Wildman–Crippen LogP) is -1.16. The molecule has 6 N–H and O–H groups in total. The number of rotatable bonds is 8. The molecule has 0 aliphatic carbocycles. The Kier molecular flexibility index (Phi) is 7.43. The summed E-state index contributed by atoms with van der Waals surface area (Å²) in [6.45, 7) is 0.515. The first-order valence-corrected chi connectivity index (χ1v) is 10.1. The van der Waals surface area contributed by atoms with Crippen LogP contribution in [0, 0.1) is 0 Å². The Labute approximate surface area is 191 Å². The first kappa shape index (κ1) is 25.4. The average molecular weight is 484 g/mol. The Morgan fingerprint density at radius 1 is 1.09 bits per heavy atom. The number of benzene rings is 1. The number of carboxylic acids is 1. The van der Waals surface area contributed by atoms with Crippen LogP contribution in [0.5, 0.6) is 11.5 Å². The van der Waals surface area contributed by atoms with Gasteiger partial charge in [0, 0.05) is 17.5 Å². The van der Waals surface area contributed by atoms with Crippen molar-refractivity contribution in [3.05, 3.63) is 34.7 Å². The summed E-state index contributed by atoms with van der Waals surface area (Å²) in [5, 5.41) is 59.8. The quantitative estimate of drug-likeness (QED) is 0.193. The van der Waals surface area contributed by atoms with E-state index in [-0.39, 0.29) is 11.3 Å². The van der Waals surface area contributed by atoms with Crippen LogP contribution < -0.4 is 10.4 Å². The van der Waals surface area contributed by atoms with Crippen LogP contribution in [0.4, 0.5) is 0 Å². The smallest absolute Gasteiger partial charge is 0.336 e. The van der Waals surface area contributed by atoms with Crippen LogP contribution in [-0.2, 0) is 19.1 Å². The van der Waals surface area contributed by atoms with E-state index in [4.69, 9.17) is 23.7 Å². The highest BCUT2D eigenvalue weighted by Gasteiger charge is 2.46. The number of ether oxygens (including phenoxy) is 3. The lowest BCUT2D eigenvalue weighted by molar-refractivity contribution is -0.278. The van der Waals surface area contributed by atoms with E-state index in [1.165, 1.54) is 12.1 Å². The molecule has 3 rings (SSSR count). The van der Waals surface area contributed by atoms with E-state index in [1.807, 2.05) is 0 Å². The molecule has 0 radical (unpaired) electrons. The summed E-state index contributed by atoms with van der Waals surface area (Å²) in [6.07, 6.45) is -9.59. The summed E-state index contributed by atoms with van der Waals surface area (Å²) < 4.78 is 20.7. The third-order valence-corrected chi connectivity index (χ3v) is 5.08. The number of esters is 1. The molecule has 186 valence electrons. The highest BCUT2D eigenvalue weighted by Crippen LogP contribution is 2.34. The van der Waals surface area contributed by atoms with Crippen LogP contribution in [0.1, 0.15) is 19.8 Å². The van der Waals surface area contributed by atoms with Gasteiger partial charge in [0.25, 0.3) is 0 Å². The van der Waals surface area contributed by atoms with E-state index in [9.17, 15) is 39.9 Å². The number of carbonyl (C=O) groups excluding carboxylic acids is 1. The fourth-order valence-electron chi connectivity index (χ4n) is 3.38.